The van der Waals surface area contributed by atoms with Gasteiger partial charge in [0, 0.05) is 25.2 Å². The van der Waals surface area contributed by atoms with Gasteiger partial charge in [-0.3, -0.25) is 9.20 Å². The van der Waals surface area contributed by atoms with Crippen molar-refractivity contribution in [3.8, 4) is 0 Å². The van der Waals surface area contributed by atoms with Gasteiger partial charge in [0.05, 0.1) is 40.5 Å². The number of benzene rings is 1. The zero-order chi connectivity index (χ0) is 23.5. The minimum atomic E-state index is 0.00606. The van der Waals surface area contributed by atoms with Crippen LogP contribution in [-0.2, 0) is 11.3 Å². The number of carbonyl (C=O) groups excluding carboxylic acids is 1. The molecular formula is C27H34N5OS+. The van der Waals surface area contributed by atoms with E-state index in [-0.39, 0.29) is 5.91 Å². The number of hydrogen-bond donors (Lipinski definition) is 2. The Bertz CT molecular complexity index is 1180. The number of nitrogens with zero attached hydrogens (tertiary/aromatic N) is 3. The molecule has 7 heteroatoms. The van der Waals surface area contributed by atoms with E-state index in [1.165, 1.54) is 17.3 Å². The molecule has 1 saturated heterocycles. The van der Waals surface area contributed by atoms with Gasteiger partial charge in [-0.2, -0.15) is 0 Å². The number of rotatable bonds is 8. The van der Waals surface area contributed by atoms with E-state index in [1.807, 2.05) is 30.5 Å². The van der Waals surface area contributed by atoms with Crippen molar-refractivity contribution in [2.24, 2.45) is 0 Å². The monoisotopic (exact) mass is 476 g/mol. The molecule has 1 unspecified atom stereocenters. The number of pyridine rings is 1. The van der Waals surface area contributed by atoms with Crippen LogP contribution in [0, 0.1) is 0 Å². The molecule has 0 bridgehead atoms. The molecule has 0 spiro atoms. The zero-order valence-electron chi connectivity index (χ0n) is 20.0. The van der Waals surface area contributed by atoms with Crippen molar-refractivity contribution in [3.63, 3.8) is 0 Å². The lowest BCUT2D eigenvalue weighted by atomic mass is 10.00. The van der Waals surface area contributed by atoms with Crippen LogP contribution in [0.4, 0.5) is 0 Å². The maximum Gasteiger partial charge on any atom is 0.258 e. The van der Waals surface area contributed by atoms with E-state index in [9.17, 15) is 4.79 Å². The Morgan fingerprint density at radius 3 is 2.71 bits per heavy atom. The number of quaternary nitrogens is 1. The maximum atomic E-state index is 12.9. The SMILES string of the molecule is C[C@@H]1CNC[C@H](C)[N+]1(CCCCNC(=O)C1=Cc2cnc3cccc(n23)S1)Cc1ccccc1. The second kappa shape index (κ2) is 9.94. The number of carbonyl (C=O) groups is 1. The van der Waals surface area contributed by atoms with Crippen LogP contribution in [0.25, 0.3) is 11.7 Å². The molecule has 4 heterocycles. The molecule has 3 atom stereocenters. The van der Waals surface area contributed by atoms with Crippen molar-refractivity contribution in [3.05, 3.63) is 70.9 Å². The number of piperazine rings is 1. The van der Waals surface area contributed by atoms with Crippen LogP contribution in [-0.4, -0.2) is 58.0 Å². The van der Waals surface area contributed by atoms with E-state index in [4.69, 9.17) is 0 Å². The first kappa shape index (κ1) is 23.1. The standard InChI is InChI=1S/C27H33N5OS/c1-20-16-28-17-21(2)32(20,19-22-9-4-3-5-10-22)14-7-6-13-29-27(33)24-15-23-18-30-25-11-8-12-26(34-24)31(23)25/h3-5,8-12,15,18,20-21,28H,6-7,13-14,16-17,19H2,1-2H3/p+1/t20-,21+,32?. The fraction of sp³-hybridized carbons (Fsp3) is 0.407. The average Bonchev–Trinajstić information content (AvgIpc) is 3.27. The molecule has 34 heavy (non-hydrogen) atoms. The van der Waals surface area contributed by atoms with E-state index in [2.05, 4.69) is 64.2 Å². The molecule has 2 aliphatic rings. The summed E-state index contributed by atoms with van der Waals surface area (Å²) in [5.74, 6) is 0.00606. The number of nitrogens with one attached hydrogen (secondary N) is 2. The number of thioether (sulfide) groups is 1. The molecule has 2 aliphatic heterocycles. The molecule has 2 aromatic heterocycles. The zero-order valence-corrected chi connectivity index (χ0v) is 20.9. The molecule has 0 saturated carbocycles. The Morgan fingerprint density at radius 2 is 1.91 bits per heavy atom. The first-order valence-corrected chi connectivity index (χ1v) is 13.1. The van der Waals surface area contributed by atoms with Gasteiger partial charge in [0.15, 0.2) is 0 Å². The minimum Gasteiger partial charge on any atom is -0.352 e. The predicted octanol–water partition coefficient (Wildman–Crippen LogP) is 4.07. The second-order valence-electron chi connectivity index (χ2n) is 9.64. The summed E-state index contributed by atoms with van der Waals surface area (Å²) in [7, 11) is 0. The van der Waals surface area contributed by atoms with Gasteiger partial charge in [0.25, 0.3) is 5.91 Å². The molecule has 5 rings (SSSR count). The number of aromatic nitrogens is 2. The molecule has 0 radical (unpaired) electrons. The largest absolute Gasteiger partial charge is 0.352 e. The third kappa shape index (κ3) is 4.52. The summed E-state index contributed by atoms with van der Waals surface area (Å²) in [5, 5.41) is 7.79. The van der Waals surface area contributed by atoms with Gasteiger partial charge < -0.3 is 15.1 Å². The molecule has 2 N–H and O–H groups in total. The van der Waals surface area contributed by atoms with E-state index < -0.39 is 0 Å². The van der Waals surface area contributed by atoms with E-state index in [0.29, 0.717) is 18.6 Å². The summed E-state index contributed by atoms with van der Waals surface area (Å²) in [6, 6.07) is 18.0. The van der Waals surface area contributed by atoms with E-state index in [0.717, 1.165) is 64.8 Å². The van der Waals surface area contributed by atoms with Crippen LogP contribution < -0.4 is 10.6 Å². The molecule has 3 aromatic rings. The highest BCUT2D eigenvalue weighted by molar-refractivity contribution is 8.04. The number of hydrogen-bond acceptors (Lipinski definition) is 4. The summed E-state index contributed by atoms with van der Waals surface area (Å²) in [6.07, 6.45) is 5.85. The third-order valence-corrected chi connectivity index (χ3v) is 8.53. The van der Waals surface area contributed by atoms with Gasteiger partial charge in [-0.25, -0.2) is 4.98 Å². The van der Waals surface area contributed by atoms with Crippen molar-refractivity contribution in [1.82, 2.24) is 20.0 Å². The summed E-state index contributed by atoms with van der Waals surface area (Å²) in [5.41, 5.74) is 3.29. The fourth-order valence-corrected chi connectivity index (χ4v) is 6.48. The molecule has 178 valence electrons. The number of imidazole rings is 1. The minimum absolute atomic E-state index is 0.00606. The lowest BCUT2D eigenvalue weighted by molar-refractivity contribution is -0.984. The van der Waals surface area contributed by atoms with E-state index in [1.54, 1.807) is 0 Å². The molecule has 1 aromatic carbocycles. The summed E-state index contributed by atoms with van der Waals surface area (Å²) >= 11 is 1.51. The van der Waals surface area contributed by atoms with Crippen LogP contribution in [0.3, 0.4) is 0 Å². The molecule has 1 amide bonds. The normalized spacial score (nSPS) is 24.1. The third-order valence-electron chi connectivity index (χ3n) is 7.48. The Balaban J connectivity index is 1.17. The van der Waals surface area contributed by atoms with Gasteiger partial charge in [-0.1, -0.05) is 48.2 Å². The van der Waals surface area contributed by atoms with Crippen LogP contribution >= 0.6 is 11.8 Å². The van der Waals surface area contributed by atoms with Crippen LogP contribution in [0.1, 0.15) is 37.9 Å². The lowest BCUT2D eigenvalue weighted by Gasteiger charge is -2.51. The lowest BCUT2D eigenvalue weighted by Crippen LogP contribution is -2.68. The molecule has 0 aliphatic carbocycles. The smallest absolute Gasteiger partial charge is 0.258 e. The van der Waals surface area contributed by atoms with Crippen molar-refractivity contribution in [2.75, 3.05) is 26.2 Å². The van der Waals surface area contributed by atoms with Gasteiger partial charge in [0.2, 0.25) is 0 Å². The van der Waals surface area contributed by atoms with Gasteiger partial charge in [0.1, 0.15) is 12.2 Å². The summed E-state index contributed by atoms with van der Waals surface area (Å²) < 4.78 is 3.20. The molecule has 6 nitrogen and oxygen atoms in total. The van der Waals surface area contributed by atoms with Gasteiger partial charge >= 0.3 is 0 Å². The van der Waals surface area contributed by atoms with Gasteiger partial charge in [-0.15, -0.1) is 0 Å². The van der Waals surface area contributed by atoms with E-state index >= 15 is 0 Å². The Hall–Kier alpha value is -2.61. The first-order valence-electron chi connectivity index (χ1n) is 12.3. The van der Waals surface area contributed by atoms with Crippen LogP contribution in [0.5, 0.6) is 0 Å². The van der Waals surface area contributed by atoms with Crippen molar-refractivity contribution in [1.29, 1.82) is 0 Å². The topological polar surface area (TPSA) is 58.4 Å². The molecule has 1 fully saturated rings. The Kier molecular flexibility index (Phi) is 6.77. The number of amides is 1. The highest BCUT2D eigenvalue weighted by Crippen LogP contribution is 2.34. The second-order valence-corrected chi connectivity index (χ2v) is 10.7. The van der Waals surface area contributed by atoms with Crippen LogP contribution in [0.15, 0.2) is 64.7 Å². The maximum absolute atomic E-state index is 12.9. The predicted molar refractivity (Wildman–Crippen MR) is 138 cm³/mol. The van der Waals surface area contributed by atoms with Crippen molar-refractivity contribution < 1.29 is 9.28 Å². The summed E-state index contributed by atoms with van der Waals surface area (Å²) in [4.78, 5) is 18.0. The van der Waals surface area contributed by atoms with Crippen molar-refractivity contribution >= 4 is 29.4 Å². The summed E-state index contributed by atoms with van der Waals surface area (Å²) in [6.45, 7) is 9.78. The quantitative estimate of drug-likeness (QED) is 0.380. The fourth-order valence-electron chi connectivity index (χ4n) is 5.47. The highest BCUT2D eigenvalue weighted by Gasteiger charge is 2.41. The average molecular weight is 477 g/mol. The Morgan fingerprint density at radius 1 is 1.12 bits per heavy atom. The number of unbranched alkanes of at least 4 members (excludes halogenated alkanes) is 1. The van der Waals surface area contributed by atoms with Crippen LogP contribution in [0.2, 0.25) is 0 Å². The Labute approximate surface area is 206 Å². The van der Waals surface area contributed by atoms with Crippen molar-refractivity contribution in [2.45, 2.75) is 50.3 Å². The van der Waals surface area contributed by atoms with Gasteiger partial charge in [-0.05, 0) is 44.9 Å². The molecular weight excluding hydrogens is 442 g/mol. The highest BCUT2D eigenvalue weighted by atomic mass is 32.2. The first-order chi connectivity index (χ1) is 16.6.